The molecule has 0 heterocycles. The molecule has 1 rings (SSSR count). The lowest BCUT2D eigenvalue weighted by Crippen LogP contribution is -2.38. The second-order valence-corrected chi connectivity index (χ2v) is 8.42. The minimum Gasteiger partial charge on any atom is -0.462 e. The molecule has 156 valence electrons. The highest BCUT2D eigenvalue weighted by Crippen LogP contribution is 2.26. The van der Waals surface area contributed by atoms with Gasteiger partial charge in [-0.25, -0.2) is 4.79 Å². The van der Waals surface area contributed by atoms with Crippen molar-refractivity contribution < 1.29 is 28.6 Å². The number of nitrogen functional groups attached to an aromatic ring is 1. The lowest BCUT2D eigenvalue weighted by molar-refractivity contribution is -0.174. The standard InChI is InChI=1S/C21H31NO6/c1-8-26-17(23)13-10-9-11-16(22)14(13)12-15(18(24)27-20(2,3)4)19(25)28-21(5,6)7/h9-11,15H,8,12,22H2,1-7H3. The third-order valence-electron chi connectivity index (χ3n) is 3.50. The van der Waals surface area contributed by atoms with Gasteiger partial charge in [-0.15, -0.1) is 0 Å². The van der Waals surface area contributed by atoms with Gasteiger partial charge in [-0.2, -0.15) is 0 Å². The number of esters is 3. The van der Waals surface area contributed by atoms with Gasteiger partial charge in [0.2, 0.25) is 0 Å². The zero-order valence-electron chi connectivity index (χ0n) is 17.8. The summed E-state index contributed by atoms with van der Waals surface area (Å²) in [4.78, 5) is 37.7. The van der Waals surface area contributed by atoms with E-state index in [0.717, 1.165) is 0 Å². The van der Waals surface area contributed by atoms with E-state index in [1.165, 1.54) is 0 Å². The van der Waals surface area contributed by atoms with Crippen LogP contribution in [-0.4, -0.2) is 35.7 Å². The van der Waals surface area contributed by atoms with E-state index in [1.807, 2.05) is 0 Å². The monoisotopic (exact) mass is 393 g/mol. The van der Waals surface area contributed by atoms with Gasteiger partial charge in [-0.05, 0) is 72.6 Å². The third-order valence-corrected chi connectivity index (χ3v) is 3.50. The zero-order chi connectivity index (χ0) is 21.7. The van der Waals surface area contributed by atoms with Crippen LogP contribution in [-0.2, 0) is 30.2 Å². The quantitative estimate of drug-likeness (QED) is 0.342. The molecule has 0 amide bonds. The van der Waals surface area contributed by atoms with Gasteiger partial charge < -0.3 is 19.9 Å². The molecular weight excluding hydrogens is 362 g/mol. The highest BCUT2D eigenvalue weighted by Gasteiger charge is 2.36. The Bertz CT molecular complexity index is 699. The van der Waals surface area contributed by atoms with Crippen LogP contribution < -0.4 is 5.73 Å². The SMILES string of the molecule is CCOC(=O)c1cccc(N)c1CC(C(=O)OC(C)(C)C)C(=O)OC(C)(C)C. The summed E-state index contributed by atoms with van der Waals surface area (Å²) in [7, 11) is 0. The number of ether oxygens (including phenoxy) is 3. The van der Waals surface area contributed by atoms with Gasteiger partial charge in [0.25, 0.3) is 0 Å². The maximum atomic E-state index is 12.7. The van der Waals surface area contributed by atoms with Gasteiger partial charge in [0, 0.05) is 5.69 Å². The summed E-state index contributed by atoms with van der Waals surface area (Å²) >= 11 is 0. The summed E-state index contributed by atoms with van der Waals surface area (Å²) < 4.78 is 15.9. The Morgan fingerprint density at radius 3 is 1.89 bits per heavy atom. The molecule has 2 N–H and O–H groups in total. The lowest BCUT2D eigenvalue weighted by Gasteiger charge is -2.27. The molecule has 0 aliphatic rings. The first kappa shape index (κ1) is 23.5. The van der Waals surface area contributed by atoms with Crippen molar-refractivity contribution >= 4 is 23.6 Å². The first-order valence-corrected chi connectivity index (χ1v) is 9.25. The molecule has 0 aliphatic carbocycles. The summed E-state index contributed by atoms with van der Waals surface area (Å²) in [5.41, 5.74) is 5.31. The number of hydrogen-bond acceptors (Lipinski definition) is 7. The fourth-order valence-corrected chi connectivity index (χ4v) is 2.45. The number of rotatable bonds is 6. The average Bonchev–Trinajstić information content (AvgIpc) is 2.50. The fourth-order valence-electron chi connectivity index (χ4n) is 2.45. The van der Waals surface area contributed by atoms with Gasteiger partial charge in [-0.3, -0.25) is 9.59 Å². The minimum absolute atomic E-state index is 0.134. The Kier molecular flexibility index (Phi) is 7.61. The number of nitrogens with two attached hydrogens (primary N) is 1. The van der Waals surface area contributed by atoms with Gasteiger partial charge in [0.05, 0.1) is 12.2 Å². The molecule has 0 saturated heterocycles. The van der Waals surface area contributed by atoms with Crippen LogP contribution in [0.3, 0.4) is 0 Å². The molecule has 0 radical (unpaired) electrons. The topological polar surface area (TPSA) is 105 Å². The van der Waals surface area contributed by atoms with Crippen LogP contribution in [0.1, 0.15) is 64.4 Å². The van der Waals surface area contributed by atoms with Gasteiger partial charge in [-0.1, -0.05) is 6.07 Å². The van der Waals surface area contributed by atoms with E-state index in [0.29, 0.717) is 5.56 Å². The minimum atomic E-state index is -1.27. The van der Waals surface area contributed by atoms with Crippen molar-refractivity contribution in [2.24, 2.45) is 5.92 Å². The molecule has 0 aromatic heterocycles. The molecule has 1 aromatic carbocycles. The summed E-state index contributed by atoms with van der Waals surface area (Å²) in [5.74, 6) is -3.31. The fraction of sp³-hybridized carbons (Fsp3) is 0.571. The normalized spacial score (nSPS) is 11.9. The molecule has 0 unspecified atom stereocenters. The summed E-state index contributed by atoms with van der Waals surface area (Å²) in [6, 6.07) is 4.76. The van der Waals surface area contributed by atoms with Gasteiger partial charge in [0.15, 0.2) is 5.92 Å². The van der Waals surface area contributed by atoms with Crippen LogP contribution in [0.5, 0.6) is 0 Å². The number of hydrogen-bond donors (Lipinski definition) is 1. The Morgan fingerprint density at radius 2 is 1.46 bits per heavy atom. The lowest BCUT2D eigenvalue weighted by atomic mass is 9.93. The van der Waals surface area contributed by atoms with Crippen LogP contribution in [0.2, 0.25) is 0 Å². The number of carbonyl (C=O) groups is 3. The smallest absolute Gasteiger partial charge is 0.338 e. The second-order valence-electron chi connectivity index (χ2n) is 8.42. The number of benzene rings is 1. The van der Waals surface area contributed by atoms with Crippen molar-refractivity contribution in [3.05, 3.63) is 29.3 Å². The van der Waals surface area contributed by atoms with E-state index in [-0.39, 0.29) is 24.3 Å². The number of anilines is 1. The third kappa shape index (κ3) is 7.21. The van der Waals surface area contributed by atoms with E-state index >= 15 is 0 Å². The molecule has 0 aliphatic heterocycles. The molecule has 0 saturated carbocycles. The van der Waals surface area contributed by atoms with E-state index < -0.39 is 35.0 Å². The van der Waals surface area contributed by atoms with Crippen LogP contribution in [0, 0.1) is 5.92 Å². The van der Waals surface area contributed by atoms with Gasteiger partial charge >= 0.3 is 17.9 Å². The van der Waals surface area contributed by atoms with Crippen molar-refractivity contribution in [1.82, 2.24) is 0 Å². The number of carbonyl (C=O) groups excluding carboxylic acids is 3. The van der Waals surface area contributed by atoms with Crippen LogP contribution in [0.4, 0.5) is 5.69 Å². The van der Waals surface area contributed by atoms with E-state index in [4.69, 9.17) is 19.9 Å². The highest BCUT2D eigenvalue weighted by atomic mass is 16.6. The molecule has 7 heteroatoms. The maximum absolute atomic E-state index is 12.7. The van der Waals surface area contributed by atoms with Gasteiger partial charge in [0.1, 0.15) is 11.2 Å². The first-order chi connectivity index (χ1) is 12.7. The largest absolute Gasteiger partial charge is 0.462 e. The van der Waals surface area contributed by atoms with Crippen molar-refractivity contribution in [3.8, 4) is 0 Å². The van der Waals surface area contributed by atoms with E-state index in [9.17, 15) is 14.4 Å². The average molecular weight is 393 g/mol. The van der Waals surface area contributed by atoms with Crippen molar-refractivity contribution in [3.63, 3.8) is 0 Å². The Morgan fingerprint density at radius 1 is 0.964 bits per heavy atom. The van der Waals surface area contributed by atoms with Crippen LogP contribution in [0.15, 0.2) is 18.2 Å². The molecule has 0 spiro atoms. The predicted molar refractivity (Wildman–Crippen MR) is 106 cm³/mol. The molecule has 0 bridgehead atoms. The van der Waals surface area contributed by atoms with Crippen molar-refractivity contribution in [2.45, 2.75) is 66.1 Å². The predicted octanol–water partition coefficient (Wildman–Crippen LogP) is 3.29. The molecule has 28 heavy (non-hydrogen) atoms. The molecule has 0 fully saturated rings. The molecular formula is C21H31NO6. The van der Waals surface area contributed by atoms with E-state index in [1.54, 1.807) is 66.7 Å². The molecule has 0 atom stereocenters. The Balaban J connectivity index is 3.32. The first-order valence-electron chi connectivity index (χ1n) is 9.25. The molecule has 1 aromatic rings. The zero-order valence-corrected chi connectivity index (χ0v) is 17.8. The Hall–Kier alpha value is -2.57. The van der Waals surface area contributed by atoms with Crippen molar-refractivity contribution in [1.29, 1.82) is 0 Å². The molecule has 7 nitrogen and oxygen atoms in total. The van der Waals surface area contributed by atoms with Crippen molar-refractivity contribution in [2.75, 3.05) is 12.3 Å². The summed E-state index contributed by atoms with van der Waals surface area (Å²) in [6.07, 6.45) is -0.134. The Labute approximate surface area is 166 Å². The van der Waals surface area contributed by atoms with E-state index in [2.05, 4.69) is 0 Å². The van der Waals surface area contributed by atoms with Crippen LogP contribution >= 0.6 is 0 Å². The summed E-state index contributed by atoms with van der Waals surface area (Å²) in [5, 5.41) is 0. The highest BCUT2D eigenvalue weighted by molar-refractivity contribution is 5.97. The maximum Gasteiger partial charge on any atom is 0.338 e. The second kappa shape index (κ2) is 9.08. The van der Waals surface area contributed by atoms with Crippen LogP contribution in [0.25, 0.3) is 0 Å². The summed E-state index contributed by atoms with van der Waals surface area (Å²) in [6.45, 7) is 12.1.